The van der Waals surface area contributed by atoms with Crippen molar-refractivity contribution in [2.75, 3.05) is 0 Å². The van der Waals surface area contributed by atoms with Crippen LogP contribution in [0.5, 0.6) is 0 Å². The van der Waals surface area contributed by atoms with Gasteiger partial charge in [-0.1, -0.05) is 29.3 Å². The van der Waals surface area contributed by atoms with Crippen LogP contribution in [-0.4, -0.2) is 16.7 Å². The molecular formula is C12H11Cl2NO2. The average molecular weight is 272 g/mol. The maximum Gasteiger partial charge on any atom is 0.229 e. The Kier molecular flexibility index (Phi) is 3.40. The fourth-order valence-electron chi connectivity index (χ4n) is 2.11. The minimum Gasteiger partial charge on any atom is -0.275 e. The van der Waals surface area contributed by atoms with Gasteiger partial charge in [0.05, 0.1) is 16.1 Å². The molecule has 17 heavy (non-hydrogen) atoms. The molecule has 90 valence electrons. The zero-order valence-electron chi connectivity index (χ0n) is 9.24. The lowest BCUT2D eigenvalue weighted by Crippen LogP contribution is -2.32. The fourth-order valence-corrected chi connectivity index (χ4v) is 2.42. The molecule has 1 atom stereocenters. The van der Waals surface area contributed by atoms with Gasteiger partial charge in [-0.05, 0) is 24.1 Å². The van der Waals surface area contributed by atoms with Gasteiger partial charge in [0, 0.05) is 13.3 Å². The van der Waals surface area contributed by atoms with Gasteiger partial charge in [-0.2, -0.15) is 0 Å². The topological polar surface area (TPSA) is 37.4 Å². The molecule has 1 aromatic carbocycles. The van der Waals surface area contributed by atoms with E-state index in [0.717, 1.165) is 5.56 Å². The SMILES string of the molecule is CC(=O)N1C(=O)CCC1c1ccc(Cl)c(Cl)c1. The second-order valence-electron chi connectivity index (χ2n) is 4.01. The summed E-state index contributed by atoms with van der Waals surface area (Å²) in [5.74, 6) is -0.364. The zero-order valence-corrected chi connectivity index (χ0v) is 10.8. The number of benzene rings is 1. The van der Waals surface area contributed by atoms with E-state index in [0.29, 0.717) is 22.9 Å². The predicted molar refractivity (Wildman–Crippen MR) is 66.0 cm³/mol. The lowest BCUT2D eigenvalue weighted by molar-refractivity contribution is -0.142. The first kappa shape index (κ1) is 12.4. The number of amides is 2. The quantitative estimate of drug-likeness (QED) is 0.787. The Morgan fingerprint density at radius 2 is 2.06 bits per heavy atom. The van der Waals surface area contributed by atoms with Crippen LogP contribution in [0.4, 0.5) is 0 Å². The summed E-state index contributed by atoms with van der Waals surface area (Å²) in [6.07, 6.45) is 1.03. The third-order valence-corrected chi connectivity index (χ3v) is 3.62. The van der Waals surface area contributed by atoms with Crippen LogP contribution < -0.4 is 0 Å². The van der Waals surface area contributed by atoms with Crippen LogP contribution in [0.3, 0.4) is 0 Å². The number of halogens is 2. The molecule has 0 N–H and O–H groups in total. The van der Waals surface area contributed by atoms with E-state index in [1.54, 1.807) is 18.2 Å². The van der Waals surface area contributed by atoms with Gasteiger partial charge in [0.15, 0.2) is 0 Å². The zero-order chi connectivity index (χ0) is 12.6. The van der Waals surface area contributed by atoms with Crippen LogP contribution in [0.1, 0.15) is 31.4 Å². The van der Waals surface area contributed by atoms with Gasteiger partial charge in [-0.25, -0.2) is 0 Å². The van der Waals surface area contributed by atoms with Gasteiger partial charge < -0.3 is 0 Å². The molecule has 0 bridgehead atoms. The summed E-state index contributed by atoms with van der Waals surface area (Å²) in [7, 11) is 0. The highest BCUT2D eigenvalue weighted by Gasteiger charge is 2.34. The molecule has 0 aliphatic carbocycles. The highest BCUT2D eigenvalue weighted by molar-refractivity contribution is 6.42. The first-order valence-electron chi connectivity index (χ1n) is 5.28. The van der Waals surface area contributed by atoms with Crippen LogP contribution in [-0.2, 0) is 9.59 Å². The number of nitrogens with zero attached hydrogens (tertiary/aromatic N) is 1. The second kappa shape index (κ2) is 4.67. The van der Waals surface area contributed by atoms with Gasteiger partial charge in [-0.15, -0.1) is 0 Å². The number of likely N-dealkylation sites (tertiary alicyclic amines) is 1. The smallest absolute Gasteiger partial charge is 0.229 e. The summed E-state index contributed by atoms with van der Waals surface area (Å²) >= 11 is 11.8. The van der Waals surface area contributed by atoms with Crippen LogP contribution in [0.2, 0.25) is 10.0 Å². The number of rotatable bonds is 1. The number of carbonyl (C=O) groups is 2. The lowest BCUT2D eigenvalue weighted by Gasteiger charge is -2.22. The highest BCUT2D eigenvalue weighted by Crippen LogP contribution is 2.35. The Hall–Kier alpha value is -1.06. The molecule has 0 spiro atoms. The van der Waals surface area contributed by atoms with E-state index in [1.807, 2.05) is 0 Å². The Bertz CT molecular complexity index is 487. The molecule has 1 aromatic rings. The van der Waals surface area contributed by atoms with Crippen molar-refractivity contribution in [3.05, 3.63) is 33.8 Å². The largest absolute Gasteiger partial charge is 0.275 e. The molecule has 1 unspecified atom stereocenters. The summed E-state index contributed by atoms with van der Waals surface area (Å²) in [6, 6.07) is 4.98. The standard InChI is InChI=1S/C12H11Cl2NO2/c1-7(16)15-11(4-5-12(15)17)8-2-3-9(13)10(14)6-8/h2-3,6,11H,4-5H2,1H3. The van der Waals surface area contributed by atoms with Crippen LogP contribution in [0.15, 0.2) is 18.2 Å². The average Bonchev–Trinajstić information content (AvgIpc) is 2.64. The van der Waals surface area contributed by atoms with E-state index in [1.165, 1.54) is 11.8 Å². The van der Waals surface area contributed by atoms with Crippen molar-refractivity contribution in [3.8, 4) is 0 Å². The third-order valence-electron chi connectivity index (χ3n) is 2.88. The van der Waals surface area contributed by atoms with E-state index >= 15 is 0 Å². The molecular weight excluding hydrogens is 261 g/mol. The summed E-state index contributed by atoms with van der Waals surface area (Å²) in [5.41, 5.74) is 0.848. The fraction of sp³-hybridized carbons (Fsp3) is 0.333. The lowest BCUT2D eigenvalue weighted by atomic mass is 10.0. The molecule has 0 saturated carbocycles. The number of carbonyl (C=O) groups excluding carboxylic acids is 2. The van der Waals surface area contributed by atoms with Crippen molar-refractivity contribution in [1.29, 1.82) is 0 Å². The maximum absolute atomic E-state index is 11.6. The second-order valence-corrected chi connectivity index (χ2v) is 4.83. The van der Waals surface area contributed by atoms with Crippen LogP contribution in [0, 0.1) is 0 Å². The van der Waals surface area contributed by atoms with Crippen LogP contribution >= 0.6 is 23.2 Å². The van der Waals surface area contributed by atoms with Gasteiger partial charge in [0.2, 0.25) is 11.8 Å². The summed E-state index contributed by atoms with van der Waals surface area (Å²) in [4.78, 5) is 24.3. The van der Waals surface area contributed by atoms with E-state index in [2.05, 4.69) is 0 Å². The number of imide groups is 1. The summed E-state index contributed by atoms with van der Waals surface area (Å²) < 4.78 is 0. The minimum absolute atomic E-state index is 0.131. The molecule has 1 heterocycles. The molecule has 0 radical (unpaired) electrons. The van der Waals surface area contributed by atoms with E-state index in [-0.39, 0.29) is 17.9 Å². The van der Waals surface area contributed by atoms with Crippen molar-refractivity contribution in [1.82, 2.24) is 4.90 Å². The molecule has 1 aliphatic heterocycles. The summed E-state index contributed by atoms with van der Waals surface area (Å²) in [6.45, 7) is 1.40. The van der Waals surface area contributed by atoms with Crippen molar-refractivity contribution in [3.63, 3.8) is 0 Å². The molecule has 1 aliphatic rings. The normalized spacial score (nSPS) is 19.8. The molecule has 3 nitrogen and oxygen atoms in total. The third kappa shape index (κ3) is 2.31. The minimum atomic E-state index is -0.233. The van der Waals surface area contributed by atoms with Gasteiger partial charge in [0.25, 0.3) is 0 Å². The molecule has 1 saturated heterocycles. The van der Waals surface area contributed by atoms with E-state index < -0.39 is 0 Å². The van der Waals surface area contributed by atoms with E-state index in [9.17, 15) is 9.59 Å². The Morgan fingerprint density at radius 3 is 2.65 bits per heavy atom. The maximum atomic E-state index is 11.6. The van der Waals surface area contributed by atoms with Crippen molar-refractivity contribution in [2.45, 2.75) is 25.8 Å². The predicted octanol–water partition coefficient (Wildman–Crippen LogP) is 3.20. The Labute approximate surface area is 109 Å². The summed E-state index contributed by atoms with van der Waals surface area (Å²) in [5, 5.41) is 0.904. The number of hydrogen-bond acceptors (Lipinski definition) is 2. The first-order chi connectivity index (χ1) is 8.00. The highest BCUT2D eigenvalue weighted by atomic mass is 35.5. The van der Waals surface area contributed by atoms with Crippen LogP contribution in [0.25, 0.3) is 0 Å². The van der Waals surface area contributed by atoms with Gasteiger partial charge in [0.1, 0.15) is 0 Å². The first-order valence-corrected chi connectivity index (χ1v) is 6.04. The molecule has 2 amide bonds. The van der Waals surface area contributed by atoms with Crippen molar-refractivity contribution < 1.29 is 9.59 Å². The van der Waals surface area contributed by atoms with Gasteiger partial charge >= 0.3 is 0 Å². The van der Waals surface area contributed by atoms with Crippen molar-refractivity contribution in [2.24, 2.45) is 0 Å². The molecule has 0 aromatic heterocycles. The monoisotopic (exact) mass is 271 g/mol. The molecule has 1 fully saturated rings. The Morgan fingerprint density at radius 1 is 1.35 bits per heavy atom. The van der Waals surface area contributed by atoms with E-state index in [4.69, 9.17) is 23.2 Å². The molecule has 5 heteroatoms. The van der Waals surface area contributed by atoms with Gasteiger partial charge in [-0.3, -0.25) is 14.5 Å². The van der Waals surface area contributed by atoms with Crippen molar-refractivity contribution >= 4 is 35.0 Å². The Balaban J connectivity index is 2.36. The number of hydrogen-bond donors (Lipinski definition) is 0. The molecule has 2 rings (SSSR count).